The molecule has 0 aliphatic carbocycles. The predicted molar refractivity (Wildman–Crippen MR) is 115 cm³/mol. The van der Waals surface area contributed by atoms with Crippen LogP contribution in [0.15, 0.2) is 78.5 Å². The van der Waals surface area contributed by atoms with Gasteiger partial charge in [0.05, 0.1) is 16.3 Å². The van der Waals surface area contributed by atoms with Crippen LogP contribution in [0.4, 0.5) is 14.5 Å². The van der Waals surface area contributed by atoms with Crippen LogP contribution < -0.4 is 4.90 Å². The molecule has 0 bridgehead atoms. The number of carbonyl (C=O) groups is 2. The molecule has 0 saturated carbocycles. The molecule has 0 N–H and O–H groups in total. The third-order valence-corrected chi connectivity index (χ3v) is 5.29. The quantitative estimate of drug-likeness (QED) is 0.524. The first-order valence-corrected chi connectivity index (χ1v) is 9.83. The molecule has 4 nitrogen and oxygen atoms in total. The van der Waals surface area contributed by atoms with Crippen molar-refractivity contribution in [1.82, 2.24) is 4.90 Å². The van der Waals surface area contributed by atoms with Crippen molar-refractivity contribution >= 4 is 34.7 Å². The molecule has 0 unspecified atom stereocenters. The van der Waals surface area contributed by atoms with Crippen molar-refractivity contribution in [3.05, 3.63) is 106 Å². The van der Waals surface area contributed by atoms with Gasteiger partial charge in [0, 0.05) is 13.6 Å². The Hall–Kier alpha value is -3.51. The van der Waals surface area contributed by atoms with Gasteiger partial charge in [-0.2, -0.15) is 0 Å². The fourth-order valence-corrected chi connectivity index (χ4v) is 3.72. The van der Waals surface area contributed by atoms with E-state index >= 15 is 0 Å². The van der Waals surface area contributed by atoms with Crippen molar-refractivity contribution in [2.45, 2.75) is 6.54 Å². The molecule has 156 valence electrons. The van der Waals surface area contributed by atoms with Gasteiger partial charge in [-0.1, -0.05) is 54.1 Å². The molecule has 4 rings (SSSR count). The fourth-order valence-electron chi connectivity index (χ4n) is 3.54. The molecule has 1 aliphatic heterocycles. The van der Waals surface area contributed by atoms with Gasteiger partial charge >= 0.3 is 0 Å². The number of hydrogen-bond donors (Lipinski definition) is 0. The fraction of sp³-hybridized carbons (Fsp3) is 0.0833. The average Bonchev–Trinajstić information content (AvgIpc) is 3.02. The summed E-state index contributed by atoms with van der Waals surface area (Å²) in [4.78, 5) is 29.4. The van der Waals surface area contributed by atoms with E-state index in [4.69, 9.17) is 11.6 Å². The number of benzene rings is 3. The number of anilines is 1. The van der Waals surface area contributed by atoms with Crippen molar-refractivity contribution in [2.24, 2.45) is 0 Å². The SMILES string of the molecule is CN(Cc1ccccc1)C1=C(c2ccc(F)cc2)C(=O)N(c2ccc(F)c(Cl)c2)C1=O. The lowest BCUT2D eigenvalue weighted by Crippen LogP contribution is -2.34. The molecule has 0 aromatic heterocycles. The Morgan fingerprint density at radius 3 is 2.23 bits per heavy atom. The van der Waals surface area contributed by atoms with Gasteiger partial charge in [0.2, 0.25) is 0 Å². The van der Waals surface area contributed by atoms with Crippen molar-refractivity contribution in [3.8, 4) is 0 Å². The second-order valence-electron chi connectivity index (χ2n) is 7.12. The maximum absolute atomic E-state index is 13.6. The van der Waals surface area contributed by atoms with E-state index < -0.39 is 23.4 Å². The van der Waals surface area contributed by atoms with Crippen molar-refractivity contribution in [1.29, 1.82) is 0 Å². The summed E-state index contributed by atoms with van der Waals surface area (Å²) in [5.74, 6) is -2.26. The Morgan fingerprint density at radius 2 is 1.58 bits per heavy atom. The van der Waals surface area contributed by atoms with Crippen molar-refractivity contribution in [2.75, 3.05) is 11.9 Å². The zero-order chi connectivity index (χ0) is 22.1. The van der Waals surface area contributed by atoms with E-state index in [2.05, 4.69) is 0 Å². The Morgan fingerprint density at radius 1 is 0.903 bits per heavy atom. The number of rotatable bonds is 5. The van der Waals surface area contributed by atoms with E-state index in [-0.39, 0.29) is 22.0 Å². The number of hydrogen-bond acceptors (Lipinski definition) is 3. The summed E-state index contributed by atoms with van der Waals surface area (Å²) >= 11 is 5.87. The molecule has 3 aromatic carbocycles. The minimum Gasteiger partial charge on any atom is -0.365 e. The number of imide groups is 1. The minimum atomic E-state index is -0.655. The molecule has 1 heterocycles. The van der Waals surface area contributed by atoms with E-state index in [1.807, 2.05) is 30.3 Å². The van der Waals surface area contributed by atoms with Gasteiger partial charge in [0.25, 0.3) is 11.8 Å². The first-order chi connectivity index (χ1) is 14.9. The van der Waals surface area contributed by atoms with E-state index in [0.29, 0.717) is 12.1 Å². The Kier molecular flexibility index (Phi) is 5.57. The highest BCUT2D eigenvalue weighted by molar-refractivity contribution is 6.45. The zero-order valence-electron chi connectivity index (χ0n) is 16.5. The number of halogens is 3. The standard InChI is InChI=1S/C24H17ClF2N2O2/c1-28(14-15-5-3-2-4-6-15)22-21(16-7-9-17(26)10-8-16)23(30)29(24(22)31)18-11-12-20(27)19(25)13-18/h2-13H,14H2,1H3. The topological polar surface area (TPSA) is 40.6 Å². The van der Waals surface area contributed by atoms with Gasteiger partial charge < -0.3 is 4.90 Å². The Balaban J connectivity index is 1.80. The molecule has 31 heavy (non-hydrogen) atoms. The van der Waals surface area contributed by atoms with Crippen molar-refractivity contribution in [3.63, 3.8) is 0 Å². The molecular weight excluding hydrogens is 422 g/mol. The Labute approximate surface area is 183 Å². The highest BCUT2D eigenvalue weighted by Gasteiger charge is 2.41. The third-order valence-electron chi connectivity index (χ3n) is 5.00. The molecule has 0 fully saturated rings. The highest BCUT2D eigenvalue weighted by atomic mass is 35.5. The smallest absolute Gasteiger partial charge is 0.282 e. The van der Waals surface area contributed by atoms with Crippen LogP contribution in [0.1, 0.15) is 11.1 Å². The van der Waals surface area contributed by atoms with Gasteiger partial charge in [0.15, 0.2) is 0 Å². The predicted octanol–water partition coefficient (Wildman–Crippen LogP) is 5.03. The second kappa shape index (κ2) is 8.32. The zero-order valence-corrected chi connectivity index (χ0v) is 17.2. The van der Waals surface area contributed by atoms with E-state index in [1.54, 1.807) is 11.9 Å². The summed E-state index contributed by atoms with van der Waals surface area (Å²) < 4.78 is 27.1. The van der Waals surface area contributed by atoms with Crippen molar-refractivity contribution < 1.29 is 18.4 Å². The molecule has 2 amide bonds. The third kappa shape index (κ3) is 3.94. The lowest BCUT2D eigenvalue weighted by molar-refractivity contribution is -0.120. The molecule has 0 spiro atoms. The van der Waals surface area contributed by atoms with Crippen LogP contribution in [-0.2, 0) is 16.1 Å². The van der Waals surface area contributed by atoms with E-state index in [9.17, 15) is 18.4 Å². The average molecular weight is 439 g/mol. The van der Waals surface area contributed by atoms with Gasteiger partial charge in [-0.25, -0.2) is 13.7 Å². The highest BCUT2D eigenvalue weighted by Crippen LogP contribution is 2.36. The van der Waals surface area contributed by atoms with Crippen LogP contribution in [0.25, 0.3) is 5.57 Å². The maximum Gasteiger partial charge on any atom is 0.282 e. The minimum absolute atomic E-state index is 0.142. The van der Waals surface area contributed by atoms with E-state index in [1.165, 1.54) is 36.4 Å². The lowest BCUT2D eigenvalue weighted by atomic mass is 10.0. The van der Waals surface area contributed by atoms with Crippen LogP contribution in [0.5, 0.6) is 0 Å². The molecular formula is C24H17ClF2N2O2. The molecule has 0 radical (unpaired) electrons. The lowest BCUT2D eigenvalue weighted by Gasteiger charge is -2.21. The summed E-state index contributed by atoms with van der Waals surface area (Å²) in [5, 5.41) is -0.201. The van der Waals surface area contributed by atoms with Crippen LogP contribution in [0, 0.1) is 11.6 Å². The summed E-state index contributed by atoms with van der Waals surface area (Å²) in [6.07, 6.45) is 0. The summed E-state index contributed by atoms with van der Waals surface area (Å²) in [6.45, 7) is 0.373. The normalized spacial score (nSPS) is 13.9. The van der Waals surface area contributed by atoms with Gasteiger partial charge in [0.1, 0.15) is 17.3 Å². The number of amides is 2. The van der Waals surface area contributed by atoms with Gasteiger partial charge in [-0.3, -0.25) is 9.59 Å². The largest absolute Gasteiger partial charge is 0.365 e. The molecule has 3 aromatic rings. The van der Waals surface area contributed by atoms with Crippen LogP contribution in [0.2, 0.25) is 5.02 Å². The molecule has 0 atom stereocenters. The first-order valence-electron chi connectivity index (χ1n) is 9.46. The van der Waals surface area contributed by atoms with Crippen LogP contribution >= 0.6 is 11.6 Å². The number of nitrogens with zero attached hydrogens (tertiary/aromatic N) is 2. The van der Waals surface area contributed by atoms with E-state index in [0.717, 1.165) is 16.5 Å². The summed E-state index contributed by atoms with van der Waals surface area (Å²) in [6, 6.07) is 18.5. The molecule has 1 aliphatic rings. The molecule has 7 heteroatoms. The number of likely N-dealkylation sites (N-methyl/N-ethyl adjacent to an activating group) is 1. The first kappa shape index (κ1) is 20.8. The van der Waals surface area contributed by atoms with Crippen LogP contribution in [0.3, 0.4) is 0 Å². The Bertz CT molecular complexity index is 1190. The summed E-state index contributed by atoms with van der Waals surface area (Å²) in [7, 11) is 1.71. The van der Waals surface area contributed by atoms with Gasteiger partial charge in [-0.15, -0.1) is 0 Å². The van der Waals surface area contributed by atoms with Gasteiger partial charge in [-0.05, 0) is 41.5 Å². The monoisotopic (exact) mass is 438 g/mol. The number of carbonyl (C=O) groups excluding carboxylic acids is 2. The second-order valence-corrected chi connectivity index (χ2v) is 7.52. The molecule has 0 saturated heterocycles. The summed E-state index contributed by atoms with van der Waals surface area (Å²) in [5.41, 5.74) is 1.82. The van der Waals surface area contributed by atoms with Crippen LogP contribution in [-0.4, -0.2) is 23.8 Å². The maximum atomic E-state index is 13.6.